The predicted octanol–water partition coefficient (Wildman–Crippen LogP) is 2.32. The molecule has 0 radical (unpaired) electrons. The van der Waals surface area contributed by atoms with Crippen molar-refractivity contribution in [2.24, 2.45) is 5.92 Å². The number of aromatic nitrogens is 2. The number of fused-ring (bicyclic) bond motifs is 2. The van der Waals surface area contributed by atoms with Gasteiger partial charge in [-0.25, -0.2) is 4.98 Å². The zero-order valence-electron chi connectivity index (χ0n) is 12.6. The largest absolute Gasteiger partial charge is 0.493 e. The summed E-state index contributed by atoms with van der Waals surface area (Å²) >= 11 is 0. The molecule has 4 rings (SSSR count). The second kappa shape index (κ2) is 5.76. The number of para-hydroxylation sites is 1. The molecule has 116 valence electrons. The molecule has 23 heavy (non-hydrogen) atoms. The van der Waals surface area contributed by atoms with Crippen molar-refractivity contribution in [2.75, 3.05) is 13.2 Å². The number of carbonyl (C=O) groups excluding carboxylic acids is 1. The van der Waals surface area contributed by atoms with E-state index in [1.54, 1.807) is 10.6 Å². The summed E-state index contributed by atoms with van der Waals surface area (Å²) in [5.41, 5.74) is 2.53. The van der Waals surface area contributed by atoms with Crippen molar-refractivity contribution in [2.45, 2.75) is 6.42 Å². The third-order valence-corrected chi connectivity index (χ3v) is 4.16. The normalized spacial score (nSPS) is 16.6. The minimum atomic E-state index is -0.109. The van der Waals surface area contributed by atoms with Crippen LogP contribution < -0.4 is 10.1 Å². The van der Waals surface area contributed by atoms with Crippen molar-refractivity contribution < 1.29 is 9.53 Å². The molecule has 1 atom stereocenters. The Hall–Kier alpha value is -2.82. The Kier molecular flexibility index (Phi) is 3.46. The highest BCUT2D eigenvalue weighted by molar-refractivity contribution is 5.93. The lowest BCUT2D eigenvalue weighted by atomic mass is 9.97. The Morgan fingerprint density at radius 1 is 1.26 bits per heavy atom. The minimum Gasteiger partial charge on any atom is -0.493 e. The first kappa shape index (κ1) is 13.8. The smallest absolute Gasteiger partial charge is 0.269 e. The SMILES string of the molecule is O=C(NC[C@H]1COc2ccccc2C1)c1cnc2ccccn12. The second-order valence-corrected chi connectivity index (χ2v) is 5.77. The van der Waals surface area contributed by atoms with Gasteiger partial charge < -0.3 is 10.1 Å². The van der Waals surface area contributed by atoms with Crippen molar-refractivity contribution in [1.29, 1.82) is 0 Å². The van der Waals surface area contributed by atoms with Gasteiger partial charge >= 0.3 is 0 Å². The van der Waals surface area contributed by atoms with Crippen LogP contribution in [0.4, 0.5) is 0 Å². The van der Waals surface area contributed by atoms with Crippen molar-refractivity contribution in [3.63, 3.8) is 0 Å². The summed E-state index contributed by atoms with van der Waals surface area (Å²) in [5, 5.41) is 3.00. The van der Waals surface area contributed by atoms with Crippen LogP contribution in [0.25, 0.3) is 5.65 Å². The zero-order chi connectivity index (χ0) is 15.6. The Bertz CT molecular complexity index is 856. The first-order chi connectivity index (χ1) is 11.3. The van der Waals surface area contributed by atoms with Crippen LogP contribution in [0.2, 0.25) is 0 Å². The van der Waals surface area contributed by atoms with E-state index in [2.05, 4.69) is 16.4 Å². The molecule has 2 aromatic heterocycles. The molecule has 5 nitrogen and oxygen atoms in total. The highest BCUT2D eigenvalue weighted by Gasteiger charge is 2.21. The van der Waals surface area contributed by atoms with Crippen LogP contribution in [0, 0.1) is 5.92 Å². The van der Waals surface area contributed by atoms with Gasteiger partial charge in [0.05, 0.1) is 12.8 Å². The van der Waals surface area contributed by atoms with Crippen LogP contribution in [-0.2, 0) is 6.42 Å². The maximum Gasteiger partial charge on any atom is 0.269 e. The molecule has 0 unspecified atom stereocenters. The van der Waals surface area contributed by atoms with E-state index in [4.69, 9.17) is 4.74 Å². The van der Waals surface area contributed by atoms with Crippen LogP contribution in [0.15, 0.2) is 54.9 Å². The maximum absolute atomic E-state index is 12.4. The number of pyridine rings is 1. The van der Waals surface area contributed by atoms with Gasteiger partial charge in [0.1, 0.15) is 17.1 Å². The fourth-order valence-electron chi connectivity index (χ4n) is 2.95. The van der Waals surface area contributed by atoms with E-state index in [9.17, 15) is 4.79 Å². The number of hydrogen-bond donors (Lipinski definition) is 1. The standard InChI is InChI=1S/C18H17N3O2/c22-18(15-11-19-17-7-3-4-8-21(15)17)20-10-13-9-14-5-1-2-6-16(14)23-12-13/h1-8,11,13H,9-10,12H2,(H,20,22)/t13-/m0/s1. The summed E-state index contributed by atoms with van der Waals surface area (Å²) in [6.45, 7) is 1.22. The average Bonchev–Trinajstić information content (AvgIpc) is 3.03. The first-order valence-corrected chi connectivity index (χ1v) is 7.72. The van der Waals surface area contributed by atoms with Crippen LogP contribution in [-0.4, -0.2) is 28.4 Å². The van der Waals surface area contributed by atoms with E-state index < -0.39 is 0 Å². The number of carbonyl (C=O) groups is 1. The van der Waals surface area contributed by atoms with Gasteiger partial charge in [-0.05, 0) is 30.2 Å². The summed E-state index contributed by atoms with van der Waals surface area (Å²) in [7, 11) is 0. The van der Waals surface area contributed by atoms with E-state index in [1.165, 1.54) is 5.56 Å². The highest BCUT2D eigenvalue weighted by atomic mass is 16.5. The van der Waals surface area contributed by atoms with Gasteiger partial charge in [-0.3, -0.25) is 9.20 Å². The quantitative estimate of drug-likeness (QED) is 0.808. The van der Waals surface area contributed by atoms with E-state index in [0.29, 0.717) is 18.8 Å². The molecular formula is C18H17N3O2. The molecule has 3 heterocycles. The van der Waals surface area contributed by atoms with E-state index >= 15 is 0 Å². The molecule has 1 aliphatic rings. The summed E-state index contributed by atoms with van der Waals surface area (Å²) in [6.07, 6.45) is 4.37. The highest BCUT2D eigenvalue weighted by Crippen LogP contribution is 2.26. The maximum atomic E-state index is 12.4. The van der Waals surface area contributed by atoms with Crippen LogP contribution in [0.3, 0.4) is 0 Å². The second-order valence-electron chi connectivity index (χ2n) is 5.77. The number of rotatable bonds is 3. The number of nitrogens with zero attached hydrogens (tertiary/aromatic N) is 2. The number of imidazole rings is 1. The van der Waals surface area contributed by atoms with Crippen LogP contribution >= 0.6 is 0 Å². The summed E-state index contributed by atoms with van der Waals surface area (Å²) in [6, 6.07) is 13.7. The van der Waals surface area contributed by atoms with Crippen molar-refractivity contribution in [3.05, 3.63) is 66.1 Å². The fourth-order valence-corrected chi connectivity index (χ4v) is 2.95. The van der Waals surface area contributed by atoms with Crippen LogP contribution in [0.1, 0.15) is 16.1 Å². The monoisotopic (exact) mass is 307 g/mol. The number of hydrogen-bond acceptors (Lipinski definition) is 3. The lowest BCUT2D eigenvalue weighted by molar-refractivity contribution is 0.0933. The molecule has 1 N–H and O–H groups in total. The fraction of sp³-hybridized carbons (Fsp3) is 0.222. The molecule has 0 fully saturated rings. The molecule has 1 aromatic carbocycles. The molecule has 0 aliphatic carbocycles. The first-order valence-electron chi connectivity index (χ1n) is 7.72. The number of benzene rings is 1. The van der Waals surface area contributed by atoms with Gasteiger partial charge in [0.25, 0.3) is 5.91 Å². The van der Waals surface area contributed by atoms with Gasteiger partial charge in [-0.2, -0.15) is 0 Å². The predicted molar refractivity (Wildman–Crippen MR) is 86.7 cm³/mol. The zero-order valence-corrected chi connectivity index (χ0v) is 12.6. The number of ether oxygens (including phenoxy) is 1. The molecule has 1 aliphatic heterocycles. The molecular weight excluding hydrogens is 290 g/mol. The lowest BCUT2D eigenvalue weighted by Gasteiger charge is -2.25. The van der Waals surface area contributed by atoms with Gasteiger partial charge in [0, 0.05) is 18.7 Å². The van der Waals surface area contributed by atoms with E-state index in [1.807, 2.05) is 42.6 Å². The molecule has 1 amide bonds. The molecule has 0 saturated carbocycles. The molecule has 5 heteroatoms. The van der Waals surface area contributed by atoms with Gasteiger partial charge in [0.2, 0.25) is 0 Å². The van der Waals surface area contributed by atoms with Gasteiger partial charge in [0.15, 0.2) is 0 Å². The Balaban J connectivity index is 1.43. The average molecular weight is 307 g/mol. The number of nitrogens with one attached hydrogen (secondary N) is 1. The van der Waals surface area contributed by atoms with E-state index in [-0.39, 0.29) is 11.8 Å². The summed E-state index contributed by atoms with van der Waals surface area (Å²) < 4.78 is 7.55. The molecule has 0 bridgehead atoms. The van der Waals surface area contributed by atoms with Crippen molar-refractivity contribution >= 4 is 11.6 Å². The van der Waals surface area contributed by atoms with Crippen molar-refractivity contribution in [3.8, 4) is 5.75 Å². The Morgan fingerprint density at radius 3 is 3.09 bits per heavy atom. The summed E-state index contributed by atoms with van der Waals surface area (Å²) in [4.78, 5) is 16.6. The number of amides is 1. The molecule has 0 spiro atoms. The molecule has 0 saturated heterocycles. The Morgan fingerprint density at radius 2 is 2.13 bits per heavy atom. The summed E-state index contributed by atoms with van der Waals surface area (Å²) in [5.74, 6) is 1.13. The van der Waals surface area contributed by atoms with Crippen LogP contribution in [0.5, 0.6) is 5.75 Å². The Labute approximate surface area is 133 Å². The molecule has 3 aromatic rings. The lowest BCUT2D eigenvalue weighted by Crippen LogP contribution is -2.35. The minimum absolute atomic E-state index is 0.109. The third-order valence-electron chi connectivity index (χ3n) is 4.16. The van der Waals surface area contributed by atoms with Gasteiger partial charge in [-0.15, -0.1) is 0 Å². The third kappa shape index (κ3) is 2.65. The van der Waals surface area contributed by atoms with Gasteiger partial charge in [-0.1, -0.05) is 24.3 Å². The van der Waals surface area contributed by atoms with Crippen molar-refractivity contribution in [1.82, 2.24) is 14.7 Å². The van der Waals surface area contributed by atoms with E-state index in [0.717, 1.165) is 17.8 Å². The topological polar surface area (TPSA) is 55.6 Å².